The number of amides is 1. The molecule has 1 heterocycles. The smallest absolute Gasteiger partial charge is 0.221 e. The molecule has 1 aliphatic heterocycles. The Morgan fingerprint density at radius 1 is 0.955 bits per heavy atom. The number of rotatable bonds is 3. The molecule has 2 fully saturated rings. The molecule has 0 bridgehead atoms. The molecule has 0 aromatic heterocycles. The van der Waals surface area contributed by atoms with E-state index in [0.717, 1.165) is 13.0 Å². The highest BCUT2D eigenvalue weighted by Gasteiger charge is 2.34. The molecule has 0 aromatic rings. The van der Waals surface area contributed by atoms with E-state index in [2.05, 4.69) is 18.7 Å². The van der Waals surface area contributed by atoms with Crippen molar-refractivity contribution in [2.24, 2.45) is 23.5 Å². The lowest BCUT2D eigenvalue weighted by Crippen LogP contribution is -2.50. The van der Waals surface area contributed by atoms with E-state index < -0.39 is 0 Å². The number of piperidine rings is 1. The van der Waals surface area contributed by atoms with Crippen LogP contribution >= 0.6 is 0 Å². The molecule has 0 aromatic carbocycles. The monoisotopic (exact) mass is 308 g/mol. The fourth-order valence-corrected chi connectivity index (χ4v) is 4.31. The Bertz CT molecular complexity index is 332. The van der Waals surface area contributed by atoms with Crippen molar-refractivity contribution in [3.05, 3.63) is 0 Å². The second-order valence-corrected chi connectivity index (χ2v) is 8.00. The van der Waals surface area contributed by atoms with Crippen LogP contribution in [-0.2, 0) is 4.79 Å². The highest BCUT2D eigenvalue weighted by atomic mass is 16.1. The fraction of sp³-hybridized carbons (Fsp3) is 0.947. The molecule has 3 heteroatoms. The average Bonchev–Trinajstić information content (AvgIpc) is 2.51. The molecule has 1 amide bonds. The average molecular weight is 309 g/mol. The largest absolute Gasteiger partial charge is 0.369 e. The maximum Gasteiger partial charge on any atom is 0.221 e. The number of carbonyl (C=O) groups is 1. The van der Waals surface area contributed by atoms with Gasteiger partial charge >= 0.3 is 0 Å². The fourth-order valence-electron chi connectivity index (χ4n) is 4.31. The normalized spacial score (nSPS) is 30.3. The van der Waals surface area contributed by atoms with Gasteiger partial charge in [-0.3, -0.25) is 9.69 Å². The van der Waals surface area contributed by atoms with E-state index in [1.165, 1.54) is 64.3 Å². The van der Waals surface area contributed by atoms with Crippen molar-refractivity contribution in [3.63, 3.8) is 0 Å². The number of likely N-dealkylation sites (tertiary alicyclic amines) is 1. The molecule has 1 saturated heterocycles. The van der Waals surface area contributed by atoms with Gasteiger partial charge in [0, 0.05) is 19.1 Å². The molecule has 2 aliphatic rings. The Labute approximate surface area is 137 Å². The Morgan fingerprint density at radius 2 is 1.50 bits per heavy atom. The van der Waals surface area contributed by atoms with Crippen molar-refractivity contribution < 1.29 is 4.79 Å². The van der Waals surface area contributed by atoms with Gasteiger partial charge in [0.05, 0.1) is 5.92 Å². The zero-order chi connectivity index (χ0) is 15.9. The Kier molecular flexibility index (Phi) is 7.20. The van der Waals surface area contributed by atoms with Crippen molar-refractivity contribution in [3.8, 4) is 0 Å². The van der Waals surface area contributed by atoms with Crippen LogP contribution in [0.2, 0.25) is 0 Å². The number of carbonyl (C=O) groups excluding carboxylic acids is 1. The molecule has 1 saturated carbocycles. The summed E-state index contributed by atoms with van der Waals surface area (Å²) >= 11 is 0. The first-order valence-corrected chi connectivity index (χ1v) is 9.61. The zero-order valence-electron chi connectivity index (χ0n) is 14.7. The van der Waals surface area contributed by atoms with Crippen LogP contribution in [0.15, 0.2) is 0 Å². The van der Waals surface area contributed by atoms with Crippen molar-refractivity contribution in [2.45, 2.75) is 84.1 Å². The summed E-state index contributed by atoms with van der Waals surface area (Å²) in [6.07, 6.45) is 13.4. The molecular weight excluding hydrogens is 272 g/mol. The molecule has 2 atom stereocenters. The summed E-state index contributed by atoms with van der Waals surface area (Å²) in [6, 6.07) is 0.682. The first-order valence-electron chi connectivity index (χ1n) is 9.61. The maximum absolute atomic E-state index is 11.8. The van der Waals surface area contributed by atoms with Gasteiger partial charge < -0.3 is 5.73 Å². The predicted molar refractivity (Wildman–Crippen MR) is 92.5 cm³/mol. The molecule has 128 valence electrons. The van der Waals surface area contributed by atoms with Crippen LogP contribution in [0.4, 0.5) is 0 Å². The third kappa shape index (κ3) is 5.26. The van der Waals surface area contributed by atoms with Crippen LogP contribution in [0.1, 0.15) is 78.1 Å². The summed E-state index contributed by atoms with van der Waals surface area (Å²) in [6.45, 7) is 6.66. The Hall–Kier alpha value is -0.570. The number of nitrogens with zero attached hydrogens (tertiary/aromatic N) is 1. The molecule has 0 spiro atoms. The first kappa shape index (κ1) is 17.8. The van der Waals surface area contributed by atoms with Gasteiger partial charge in [0.25, 0.3) is 0 Å². The number of nitrogens with two attached hydrogens (primary N) is 1. The molecule has 2 rings (SSSR count). The van der Waals surface area contributed by atoms with Gasteiger partial charge in [-0.1, -0.05) is 58.8 Å². The van der Waals surface area contributed by atoms with Crippen LogP contribution in [-0.4, -0.2) is 29.9 Å². The summed E-state index contributed by atoms with van der Waals surface area (Å²) in [5.74, 6) is 1.25. The molecule has 3 nitrogen and oxygen atoms in total. The van der Waals surface area contributed by atoms with Crippen LogP contribution in [0, 0.1) is 17.8 Å². The highest BCUT2D eigenvalue weighted by Crippen LogP contribution is 2.31. The summed E-state index contributed by atoms with van der Waals surface area (Å²) in [5, 5.41) is 0. The molecule has 1 aliphatic carbocycles. The lowest BCUT2D eigenvalue weighted by molar-refractivity contribution is -0.125. The van der Waals surface area contributed by atoms with Gasteiger partial charge in [-0.2, -0.15) is 0 Å². The van der Waals surface area contributed by atoms with E-state index in [0.29, 0.717) is 17.9 Å². The van der Waals surface area contributed by atoms with E-state index in [1.807, 2.05) is 0 Å². The second kappa shape index (κ2) is 8.90. The standard InChI is InChI=1S/C19H36N2O/c1-15(2)16-12-17(19(20)22)14-21(13-16)18-10-8-6-4-3-5-7-9-11-18/h15-18H,3-14H2,1-2H3,(H2,20,22). The third-order valence-electron chi connectivity index (χ3n) is 5.95. The van der Waals surface area contributed by atoms with Gasteiger partial charge in [0.15, 0.2) is 0 Å². The third-order valence-corrected chi connectivity index (χ3v) is 5.95. The van der Waals surface area contributed by atoms with E-state index in [-0.39, 0.29) is 11.8 Å². The highest BCUT2D eigenvalue weighted by molar-refractivity contribution is 5.77. The quantitative estimate of drug-likeness (QED) is 0.858. The van der Waals surface area contributed by atoms with Crippen molar-refractivity contribution in [2.75, 3.05) is 13.1 Å². The summed E-state index contributed by atoms with van der Waals surface area (Å²) in [4.78, 5) is 14.4. The number of hydrogen-bond acceptors (Lipinski definition) is 2. The van der Waals surface area contributed by atoms with Crippen LogP contribution in [0.25, 0.3) is 0 Å². The van der Waals surface area contributed by atoms with Crippen molar-refractivity contribution in [1.29, 1.82) is 0 Å². The zero-order valence-corrected chi connectivity index (χ0v) is 14.7. The Morgan fingerprint density at radius 3 is 2.00 bits per heavy atom. The number of hydrogen-bond donors (Lipinski definition) is 1. The van der Waals surface area contributed by atoms with Gasteiger partial charge in [-0.05, 0) is 31.1 Å². The molecule has 0 radical (unpaired) electrons. The van der Waals surface area contributed by atoms with Gasteiger partial charge in [0.2, 0.25) is 5.91 Å². The Balaban J connectivity index is 2.00. The van der Waals surface area contributed by atoms with Crippen molar-refractivity contribution >= 4 is 5.91 Å². The second-order valence-electron chi connectivity index (χ2n) is 8.00. The molecule has 2 N–H and O–H groups in total. The van der Waals surface area contributed by atoms with Gasteiger partial charge in [-0.25, -0.2) is 0 Å². The molecular formula is C19H36N2O. The summed E-state index contributed by atoms with van der Waals surface area (Å²) in [7, 11) is 0. The van der Waals surface area contributed by atoms with Crippen LogP contribution in [0.3, 0.4) is 0 Å². The minimum absolute atomic E-state index is 0.0663. The summed E-state index contributed by atoms with van der Waals surface area (Å²) in [5.41, 5.74) is 5.66. The van der Waals surface area contributed by atoms with Crippen LogP contribution < -0.4 is 5.73 Å². The van der Waals surface area contributed by atoms with Gasteiger partial charge in [-0.15, -0.1) is 0 Å². The predicted octanol–water partition coefficient (Wildman–Crippen LogP) is 3.96. The first-order chi connectivity index (χ1) is 10.6. The van der Waals surface area contributed by atoms with E-state index >= 15 is 0 Å². The van der Waals surface area contributed by atoms with E-state index in [9.17, 15) is 4.79 Å². The van der Waals surface area contributed by atoms with E-state index in [4.69, 9.17) is 5.73 Å². The van der Waals surface area contributed by atoms with Crippen molar-refractivity contribution in [1.82, 2.24) is 4.90 Å². The lowest BCUT2D eigenvalue weighted by Gasteiger charge is -2.43. The number of primary amides is 1. The molecule has 2 unspecified atom stereocenters. The van der Waals surface area contributed by atoms with Crippen LogP contribution in [0.5, 0.6) is 0 Å². The lowest BCUT2D eigenvalue weighted by atomic mass is 9.80. The maximum atomic E-state index is 11.8. The summed E-state index contributed by atoms with van der Waals surface area (Å²) < 4.78 is 0. The topological polar surface area (TPSA) is 46.3 Å². The van der Waals surface area contributed by atoms with Gasteiger partial charge in [0.1, 0.15) is 0 Å². The minimum atomic E-state index is -0.0878. The van der Waals surface area contributed by atoms with E-state index in [1.54, 1.807) is 0 Å². The SMILES string of the molecule is CC(C)C1CC(C(N)=O)CN(C2CCCCCCCCC2)C1. The minimum Gasteiger partial charge on any atom is -0.369 e. The molecule has 22 heavy (non-hydrogen) atoms.